The van der Waals surface area contributed by atoms with Crippen molar-refractivity contribution in [1.29, 1.82) is 0 Å². The molecule has 2 N–H and O–H groups in total. The number of nitrogen functional groups attached to an aromatic ring is 1. The van der Waals surface area contributed by atoms with Gasteiger partial charge in [-0.3, -0.25) is 0 Å². The molecule has 0 atom stereocenters. The summed E-state index contributed by atoms with van der Waals surface area (Å²) in [4.78, 5) is 1.74. The Labute approximate surface area is 111 Å². The number of thiophene rings is 1. The van der Waals surface area contributed by atoms with Crippen molar-refractivity contribution in [2.75, 3.05) is 12.8 Å². The van der Waals surface area contributed by atoms with E-state index in [2.05, 4.69) is 15.3 Å². The lowest BCUT2D eigenvalue weighted by atomic mass is 10.3. The lowest BCUT2D eigenvalue weighted by Gasteiger charge is -1.94. The fraction of sp³-hybridized carbons (Fsp3) is 0.300. The van der Waals surface area contributed by atoms with Crippen LogP contribution in [0.25, 0.3) is 14.8 Å². The normalized spacial score (nSPS) is 11.4. The Hall–Kier alpha value is -1.51. The summed E-state index contributed by atoms with van der Waals surface area (Å²) >= 11 is 3.07. The number of aryl methyl sites for hydroxylation is 1. The molecule has 0 radical (unpaired) electrons. The average molecular weight is 281 g/mol. The van der Waals surface area contributed by atoms with Crippen molar-refractivity contribution < 1.29 is 4.74 Å². The van der Waals surface area contributed by atoms with Gasteiger partial charge in [0, 0.05) is 7.11 Å². The molecule has 3 rings (SSSR count). The van der Waals surface area contributed by atoms with Gasteiger partial charge in [0.05, 0.1) is 10.6 Å². The number of anilines is 1. The second kappa shape index (κ2) is 4.30. The molecule has 0 saturated carbocycles. The van der Waals surface area contributed by atoms with Gasteiger partial charge in [0.2, 0.25) is 4.96 Å². The molecule has 0 unspecified atom stereocenters. The van der Waals surface area contributed by atoms with E-state index in [1.54, 1.807) is 23.0 Å². The molecule has 0 saturated heterocycles. The van der Waals surface area contributed by atoms with Crippen LogP contribution < -0.4 is 5.73 Å². The van der Waals surface area contributed by atoms with Crippen LogP contribution in [0.5, 0.6) is 0 Å². The first-order valence-corrected chi connectivity index (χ1v) is 6.94. The summed E-state index contributed by atoms with van der Waals surface area (Å²) < 4.78 is 6.76. The standard InChI is InChI=1S/C10H11N5OS2/c1-5-4-17-8(7(5)11)9-14-15-6(3-16-2)12-13-10(15)18-9/h4H,3,11H2,1-2H3. The molecule has 0 aliphatic carbocycles. The van der Waals surface area contributed by atoms with Gasteiger partial charge in [-0.25, -0.2) is 0 Å². The highest BCUT2D eigenvalue weighted by atomic mass is 32.1. The highest BCUT2D eigenvalue weighted by Crippen LogP contribution is 2.36. The van der Waals surface area contributed by atoms with Crippen LogP contribution in [-0.4, -0.2) is 26.9 Å². The maximum Gasteiger partial charge on any atom is 0.235 e. The van der Waals surface area contributed by atoms with Crippen molar-refractivity contribution in [2.24, 2.45) is 0 Å². The Bertz CT molecular complexity index is 698. The summed E-state index contributed by atoms with van der Waals surface area (Å²) in [5, 5.41) is 15.5. The van der Waals surface area contributed by atoms with E-state index in [0.29, 0.717) is 12.4 Å². The number of hydrogen-bond acceptors (Lipinski definition) is 7. The lowest BCUT2D eigenvalue weighted by molar-refractivity contribution is 0.176. The van der Waals surface area contributed by atoms with Gasteiger partial charge in [-0.05, 0) is 17.9 Å². The van der Waals surface area contributed by atoms with Crippen molar-refractivity contribution in [3.63, 3.8) is 0 Å². The Kier molecular flexibility index (Phi) is 2.77. The number of nitrogens with zero attached hydrogens (tertiary/aromatic N) is 4. The molecule has 6 nitrogen and oxygen atoms in total. The molecule has 94 valence electrons. The van der Waals surface area contributed by atoms with E-state index < -0.39 is 0 Å². The van der Waals surface area contributed by atoms with Crippen LogP contribution in [0, 0.1) is 6.92 Å². The molecule has 0 aromatic carbocycles. The summed E-state index contributed by atoms with van der Waals surface area (Å²) in [6.45, 7) is 2.38. The van der Waals surface area contributed by atoms with E-state index in [-0.39, 0.29) is 0 Å². The van der Waals surface area contributed by atoms with Crippen LogP contribution in [0.1, 0.15) is 11.4 Å². The van der Waals surface area contributed by atoms with Gasteiger partial charge >= 0.3 is 0 Å². The smallest absolute Gasteiger partial charge is 0.235 e. The molecule has 3 aromatic rings. The molecule has 3 aromatic heterocycles. The van der Waals surface area contributed by atoms with Crippen molar-refractivity contribution >= 4 is 33.3 Å². The first-order chi connectivity index (χ1) is 8.70. The average Bonchev–Trinajstić information content (AvgIpc) is 2.99. The summed E-state index contributed by atoms with van der Waals surface area (Å²) in [5.74, 6) is 0.696. The van der Waals surface area contributed by atoms with Gasteiger partial charge in [0.15, 0.2) is 10.8 Å². The Balaban J connectivity index is 2.11. The van der Waals surface area contributed by atoms with Crippen molar-refractivity contribution in [1.82, 2.24) is 19.8 Å². The van der Waals surface area contributed by atoms with Crippen molar-refractivity contribution in [3.05, 3.63) is 16.8 Å². The zero-order valence-corrected chi connectivity index (χ0v) is 11.5. The van der Waals surface area contributed by atoms with Gasteiger partial charge < -0.3 is 10.5 Å². The third-order valence-corrected chi connectivity index (χ3v) is 4.71. The van der Waals surface area contributed by atoms with Crippen LogP contribution in [-0.2, 0) is 11.3 Å². The summed E-state index contributed by atoms with van der Waals surface area (Å²) in [6.07, 6.45) is 0. The maximum absolute atomic E-state index is 6.03. The second-order valence-electron chi connectivity index (χ2n) is 3.81. The fourth-order valence-electron chi connectivity index (χ4n) is 1.59. The number of methoxy groups -OCH3 is 1. The number of nitrogens with two attached hydrogens (primary N) is 1. The third-order valence-electron chi connectivity index (χ3n) is 2.55. The molecule has 0 aliphatic rings. The molecule has 0 amide bonds. The highest BCUT2D eigenvalue weighted by Gasteiger charge is 2.16. The second-order valence-corrected chi connectivity index (χ2v) is 5.65. The summed E-state index contributed by atoms with van der Waals surface area (Å²) in [5.41, 5.74) is 7.90. The molecule has 0 spiro atoms. The zero-order chi connectivity index (χ0) is 12.7. The highest BCUT2D eigenvalue weighted by molar-refractivity contribution is 7.24. The Morgan fingerprint density at radius 1 is 1.44 bits per heavy atom. The number of fused-ring (bicyclic) bond motifs is 1. The quantitative estimate of drug-likeness (QED) is 0.794. The lowest BCUT2D eigenvalue weighted by Crippen LogP contribution is -1.97. The first-order valence-electron chi connectivity index (χ1n) is 5.24. The number of aromatic nitrogens is 4. The Morgan fingerprint density at radius 3 is 2.94 bits per heavy atom. The van der Waals surface area contributed by atoms with Gasteiger partial charge in [0.25, 0.3) is 0 Å². The topological polar surface area (TPSA) is 78.3 Å². The van der Waals surface area contributed by atoms with Gasteiger partial charge in [0.1, 0.15) is 6.61 Å². The van der Waals surface area contributed by atoms with Crippen LogP contribution >= 0.6 is 22.7 Å². The number of rotatable bonds is 3. The predicted octanol–water partition coefficient (Wildman–Crippen LogP) is 1.95. The van der Waals surface area contributed by atoms with E-state index in [4.69, 9.17) is 10.5 Å². The van der Waals surface area contributed by atoms with Gasteiger partial charge in [-0.15, -0.1) is 21.5 Å². The zero-order valence-electron chi connectivity index (χ0n) is 9.88. The first kappa shape index (κ1) is 11.6. The molecular formula is C10H11N5OS2. The largest absolute Gasteiger partial charge is 0.397 e. The van der Waals surface area contributed by atoms with Gasteiger partial charge in [-0.1, -0.05) is 11.3 Å². The number of hydrogen-bond donors (Lipinski definition) is 1. The third kappa shape index (κ3) is 1.69. The van der Waals surface area contributed by atoms with E-state index in [1.165, 1.54) is 11.3 Å². The minimum absolute atomic E-state index is 0.392. The van der Waals surface area contributed by atoms with Crippen LogP contribution in [0.15, 0.2) is 5.38 Å². The molecule has 0 aliphatic heterocycles. The predicted molar refractivity (Wildman–Crippen MR) is 71.8 cm³/mol. The van der Waals surface area contributed by atoms with Crippen LogP contribution in [0.3, 0.4) is 0 Å². The van der Waals surface area contributed by atoms with E-state index in [9.17, 15) is 0 Å². The fourth-order valence-corrected chi connectivity index (χ4v) is 3.52. The van der Waals surface area contributed by atoms with E-state index in [0.717, 1.165) is 26.1 Å². The minimum Gasteiger partial charge on any atom is -0.397 e. The monoisotopic (exact) mass is 281 g/mol. The van der Waals surface area contributed by atoms with Gasteiger partial charge in [-0.2, -0.15) is 9.61 Å². The summed E-state index contributed by atoms with van der Waals surface area (Å²) in [6, 6.07) is 0. The SMILES string of the molecule is COCc1nnc2sc(-c3scc(C)c3N)nn12. The Morgan fingerprint density at radius 2 is 2.28 bits per heavy atom. The van der Waals surface area contributed by atoms with E-state index in [1.807, 2.05) is 12.3 Å². The molecule has 0 fully saturated rings. The summed E-state index contributed by atoms with van der Waals surface area (Å²) in [7, 11) is 1.62. The molecule has 0 bridgehead atoms. The van der Waals surface area contributed by atoms with Crippen LogP contribution in [0.2, 0.25) is 0 Å². The molecule has 18 heavy (non-hydrogen) atoms. The van der Waals surface area contributed by atoms with Crippen molar-refractivity contribution in [3.8, 4) is 9.88 Å². The molecule has 8 heteroatoms. The van der Waals surface area contributed by atoms with Crippen molar-refractivity contribution in [2.45, 2.75) is 13.5 Å². The maximum atomic E-state index is 6.03. The molecule has 3 heterocycles. The molecular weight excluding hydrogens is 270 g/mol. The van der Waals surface area contributed by atoms with Crippen LogP contribution in [0.4, 0.5) is 5.69 Å². The minimum atomic E-state index is 0.392. The van der Waals surface area contributed by atoms with E-state index >= 15 is 0 Å². The number of ether oxygens (including phenoxy) is 1.